The molecule has 0 saturated heterocycles. The minimum absolute atomic E-state index is 0. The summed E-state index contributed by atoms with van der Waals surface area (Å²) in [4.78, 5) is 15.9. The number of ether oxygens (including phenoxy) is 2. The Morgan fingerprint density at radius 2 is 1.81 bits per heavy atom. The van der Waals surface area contributed by atoms with Gasteiger partial charge in [0, 0.05) is 33.9 Å². The largest absolute Gasteiger partial charge is 0.382 e. The lowest BCUT2D eigenvalue weighted by Crippen LogP contribution is -2.43. The van der Waals surface area contributed by atoms with E-state index in [1.54, 1.807) is 14.2 Å². The van der Waals surface area contributed by atoms with Crippen molar-refractivity contribution in [3.05, 3.63) is 35.9 Å². The average molecular weight is 478 g/mol. The van der Waals surface area contributed by atoms with Gasteiger partial charge in [-0.2, -0.15) is 0 Å². The summed E-state index contributed by atoms with van der Waals surface area (Å²) in [6.07, 6.45) is 1.68. The molecule has 0 aliphatic rings. The standard InChI is InChI=1S/C18H30N4O3.HI/c1-19-18(21-10-6-12-25-14-13-24-2)22-15-17(23)20-11-9-16-7-4-3-5-8-16;/h3-5,7-8H,6,9-15H2,1-2H3,(H,20,23)(H2,19,21,22);1H. The third-order valence-electron chi connectivity index (χ3n) is 3.41. The third-order valence-corrected chi connectivity index (χ3v) is 3.41. The van der Waals surface area contributed by atoms with Crippen LogP contribution >= 0.6 is 24.0 Å². The van der Waals surface area contributed by atoms with E-state index >= 15 is 0 Å². The summed E-state index contributed by atoms with van der Waals surface area (Å²) in [5.41, 5.74) is 1.21. The molecule has 0 radical (unpaired) electrons. The Morgan fingerprint density at radius 1 is 1.04 bits per heavy atom. The van der Waals surface area contributed by atoms with Crippen LogP contribution < -0.4 is 16.0 Å². The van der Waals surface area contributed by atoms with Gasteiger partial charge in [0.1, 0.15) is 0 Å². The molecular weight excluding hydrogens is 447 g/mol. The fourth-order valence-electron chi connectivity index (χ4n) is 2.06. The minimum atomic E-state index is -0.0539. The van der Waals surface area contributed by atoms with Crippen LogP contribution in [0.4, 0.5) is 0 Å². The fraction of sp³-hybridized carbons (Fsp3) is 0.556. The number of hydrogen-bond acceptors (Lipinski definition) is 4. The van der Waals surface area contributed by atoms with E-state index in [2.05, 4.69) is 33.1 Å². The highest BCUT2D eigenvalue weighted by atomic mass is 127. The molecule has 3 N–H and O–H groups in total. The van der Waals surface area contributed by atoms with Crippen LogP contribution in [0.15, 0.2) is 35.3 Å². The van der Waals surface area contributed by atoms with Crippen LogP contribution in [0.2, 0.25) is 0 Å². The molecule has 0 aromatic heterocycles. The summed E-state index contributed by atoms with van der Waals surface area (Å²) in [6.45, 7) is 3.41. The van der Waals surface area contributed by atoms with Gasteiger partial charge >= 0.3 is 0 Å². The molecule has 7 nitrogen and oxygen atoms in total. The monoisotopic (exact) mass is 478 g/mol. The number of nitrogens with one attached hydrogen (secondary N) is 3. The lowest BCUT2D eigenvalue weighted by atomic mass is 10.1. The van der Waals surface area contributed by atoms with Crippen molar-refractivity contribution < 1.29 is 14.3 Å². The van der Waals surface area contributed by atoms with Crippen LogP contribution in [0.25, 0.3) is 0 Å². The maximum atomic E-state index is 11.8. The fourth-order valence-corrected chi connectivity index (χ4v) is 2.06. The van der Waals surface area contributed by atoms with E-state index in [-0.39, 0.29) is 36.4 Å². The van der Waals surface area contributed by atoms with Crippen molar-refractivity contribution in [2.24, 2.45) is 4.99 Å². The molecule has 0 unspecified atom stereocenters. The van der Waals surface area contributed by atoms with Gasteiger partial charge < -0.3 is 25.4 Å². The number of rotatable bonds is 12. The Bertz CT molecular complexity index is 500. The van der Waals surface area contributed by atoms with Gasteiger partial charge in [0.25, 0.3) is 0 Å². The number of hydrogen-bond donors (Lipinski definition) is 3. The molecule has 0 heterocycles. The summed E-state index contributed by atoms with van der Waals surface area (Å²) in [5, 5.41) is 9.03. The van der Waals surface area contributed by atoms with Gasteiger partial charge in [-0.1, -0.05) is 30.3 Å². The first-order valence-electron chi connectivity index (χ1n) is 8.58. The predicted molar refractivity (Wildman–Crippen MR) is 115 cm³/mol. The molecule has 26 heavy (non-hydrogen) atoms. The predicted octanol–water partition coefficient (Wildman–Crippen LogP) is 1.18. The zero-order valence-electron chi connectivity index (χ0n) is 15.6. The third kappa shape index (κ3) is 12.9. The first-order valence-corrected chi connectivity index (χ1v) is 8.58. The number of halogens is 1. The van der Waals surface area contributed by atoms with Crippen LogP contribution in [0.1, 0.15) is 12.0 Å². The summed E-state index contributed by atoms with van der Waals surface area (Å²) in [5.74, 6) is 0.553. The maximum absolute atomic E-state index is 11.8. The summed E-state index contributed by atoms with van der Waals surface area (Å²) in [6, 6.07) is 10.1. The van der Waals surface area contributed by atoms with E-state index in [1.807, 2.05) is 18.2 Å². The van der Waals surface area contributed by atoms with E-state index in [9.17, 15) is 4.79 Å². The molecule has 1 amide bonds. The second-order valence-corrected chi connectivity index (χ2v) is 5.40. The Hall–Kier alpha value is -1.39. The van der Waals surface area contributed by atoms with Gasteiger partial charge in [-0.25, -0.2) is 0 Å². The molecule has 148 valence electrons. The van der Waals surface area contributed by atoms with E-state index in [4.69, 9.17) is 9.47 Å². The number of aliphatic imine (C=N–C) groups is 1. The first-order chi connectivity index (χ1) is 12.3. The van der Waals surface area contributed by atoms with Crippen LogP contribution in [0.5, 0.6) is 0 Å². The molecule has 0 fully saturated rings. The van der Waals surface area contributed by atoms with Crippen LogP contribution in [-0.2, 0) is 20.7 Å². The number of benzene rings is 1. The number of amides is 1. The zero-order valence-corrected chi connectivity index (χ0v) is 18.0. The normalized spacial score (nSPS) is 10.8. The van der Waals surface area contributed by atoms with Crippen molar-refractivity contribution in [2.75, 3.05) is 53.6 Å². The SMILES string of the molecule is CN=C(NCCCOCCOC)NCC(=O)NCCc1ccccc1.I. The topological polar surface area (TPSA) is 84.0 Å². The van der Waals surface area contributed by atoms with Gasteiger partial charge in [-0.15, -0.1) is 24.0 Å². The molecule has 0 spiro atoms. The first kappa shape index (κ1) is 24.6. The smallest absolute Gasteiger partial charge is 0.239 e. The molecular formula is C18H31IN4O3. The molecule has 1 aromatic carbocycles. The van der Waals surface area contributed by atoms with Crippen LogP contribution in [0.3, 0.4) is 0 Å². The van der Waals surface area contributed by atoms with Crippen molar-refractivity contribution in [1.82, 2.24) is 16.0 Å². The van der Waals surface area contributed by atoms with Gasteiger partial charge in [0.2, 0.25) is 5.91 Å². The van der Waals surface area contributed by atoms with Gasteiger partial charge in [0.05, 0.1) is 19.8 Å². The second kappa shape index (κ2) is 17.0. The molecule has 1 aromatic rings. The molecule has 0 bridgehead atoms. The van der Waals surface area contributed by atoms with Crippen molar-refractivity contribution in [3.63, 3.8) is 0 Å². The summed E-state index contributed by atoms with van der Waals surface area (Å²) < 4.78 is 10.3. The minimum Gasteiger partial charge on any atom is -0.382 e. The lowest BCUT2D eigenvalue weighted by molar-refractivity contribution is -0.119. The second-order valence-electron chi connectivity index (χ2n) is 5.40. The lowest BCUT2D eigenvalue weighted by Gasteiger charge is -2.12. The molecule has 1 rings (SSSR count). The molecule has 0 aliphatic carbocycles. The number of methoxy groups -OCH3 is 1. The van der Waals surface area contributed by atoms with Crippen LogP contribution in [0, 0.1) is 0 Å². The maximum Gasteiger partial charge on any atom is 0.239 e. The number of guanidine groups is 1. The van der Waals surface area contributed by atoms with Crippen molar-refractivity contribution in [3.8, 4) is 0 Å². The number of nitrogens with zero attached hydrogens (tertiary/aromatic N) is 1. The highest BCUT2D eigenvalue weighted by Crippen LogP contribution is 1.97. The molecule has 0 atom stereocenters. The van der Waals surface area contributed by atoms with E-state index in [1.165, 1.54) is 5.56 Å². The average Bonchev–Trinajstić information content (AvgIpc) is 2.64. The molecule has 8 heteroatoms. The van der Waals surface area contributed by atoms with Crippen molar-refractivity contribution in [2.45, 2.75) is 12.8 Å². The quantitative estimate of drug-likeness (QED) is 0.182. The Labute approximate surface area is 173 Å². The summed E-state index contributed by atoms with van der Waals surface area (Å²) in [7, 11) is 3.33. The number of carbonyl (C=O) groups is 1. The number of carbonyl (C=O) groups excluding carboxylic acids is 1. The summed E-state index contributed by atoms with van der Waals surface area (Å²) >= 11 is 0. The van der Waals surface area contributed by atoms with Gasteiger partial charge in [-0.3, -0.25) is 9.79 Å². The van der Waals surface area contributed by atoms with Gasteiger partial charge in [0.15, 0.2) is 5.96 Å². The van der Waals surface area contributed by atoms with Gasteiger partial charge in [-0.05, 0) is 18.4 Å². The molecule has 0 saturated carbocycles. The van der Waals surface area contributed by atoms with Crippen molar-refractivity contribution >= 4 is 35.8 Å². The van der Waals surface area contributed by atoms with E-state index < -0.39 is 0 Å². The van der Waals surface area contributed by atoms with E-state index in [0.717, 1.165) is 19.4 Å². The van der Waals surface area contributed by atoms with Crippen molar-refractivity contribution in [1.29, 1.82) is 0 Å². The molecule has 0 aliphatic heterocycles. The highest BCUT2D eigenvalue weighted by Gasteiger charge is 2.03. The highest BCUT2D eigenvalue weighted by molar-refractivity contribution is 14.0. The zero-order chi connectivity index (χ0) is 18.2. The van der Waals surface area contributed by atoms with E-state index in [0.29, 0.717) is 32.3 Å². The Balaban J connectivity index is 0.00000625. The Kier molecular flexibility index (Phi) is 16.1. The van der Waals surface area contributed by atoms with Crippen LogP contribution in [-0.4, -0.2) is 65.5 Å². The Morgan fingerprint density at radius 3 is 2.50 bits per heavy atom.